The Hall–Kier alpha value is -2.62. The summed E-state index contributed by atoms with van der Waals surface area (Å²) < 4.78 is 4.32. The average molecular weight is 380 g/mol. The summed E-state index contributed by atoms with van der Waals surface area (Å²) in [6.07, 6.45) is 6.18. The molecule has 5 heteroatoms. The van der Waals surface area contributed by atoms with E-state index in [-0.39, 0.29) is 6.04 Å². The highest BCUT2D eigenvalue weighted by molar-refractivity contribution is 6.35. The van der Waals surface area contributed by atoms with Gasteiger partial charge in [0.15, 0.2) is 0 Å². The van der Waals surface area contributed by atoms with Crippen molar-refractivity contribution >= 4 is 28.9 Å². The fraction of sp³-hybridized carbons (Fsp3) is 0.0476. The van der Waals surface area contributed by atoms with E-state index in [0.717, 1.165) is 28.3 Å². The number of nitrogens with one attached hydrogen (secondary N) is 1. The summed E-state index contributed by atoms with van der Waals surface area (Å²) in [7, 11) is 0. The number of hydrogen-bond donors (Lipinski definition) is 1. The van der Waals surface area contributed by atoms with Gasteiger partial charge in [-0.2, -0.15) is 0 Å². The van der Waals surface area contributed by atoms with Gasteiger partial charge >= 0.3 is 0 Å². The number of rotatable bonds is 2. The van der Waals surface area contributed by atoms with Gasteiger partial charge in [-0.25, -0.2) is 0 Å². The van der Waals surface area contributed by atoms with Crippen molar-refractivity contribution in [3.63, 3.8) is 0 Å². The maximum atomic E-state index is 6.48. The standard InChI is InChI=1S/C21H15Cl2N3/c22-14-5-7-16(17(23)12-14)21-19-4-3-11-26(19)20-13-15(6-8-18(20)24-21)25-9-1-2-10-25/h1-13,21,24H. The van der Waals surface area contributed by atoms with Gasteiger partial charge in [0.05, 0.1) is 17.4 Å². The third kappa shape index (κ3) is 2.44. The summed E-state index contributed by atoms with van der Waals surface area (Å²) in [6, 6.07) is 20.3. The quantitative estimate of drug-likeness (QED) is 0.447. The second kappa shape index (κ2) is 5.97. The van der Waals surface area contributed by atoms with Crippen LogP contribution in [0.4, 0.5) is 5.69 Å². The molecule has 1 aliphatic rings. The van der Waals surface area contributed by atoms with Crippen LogP contribution in [0.15, 0.2) is 79.3 Å². The first-order valence-electron chi connectivity index (χ1n) is 8.37. The summed E-state index contributed by atoms with van der Waals surface area (Å²) in [5.41, 5.74) is 5.47. The van der Waals surface area contributed by atoms with Crippen LogP contribution < -0.4 is 5.32 Å². The van der Waals surface area contributed by atoms with E-state index >= 15 is 0 Å². The second-order valence-corrected chi connectivity index (χ2v) is 7.18. The van der Waals surface area contributed by atoms with Crippen molar-refractivity contribution in [3.8, 4) is 11.4 Å². The molecule has 26 heavy (non-hydrogen) atoms. The van der Waals surface area contributed by atoms with Crippen molar-refractivity contribution in [2.45, 2.75) is 6.04 Å². The molecule has 0 spiro atoms. The SMILES string of the molecule is Clc1ccc(C2Nc3ccc(-n4cccc4)cc3-n3cccc32)c(Cl)c1. The third-order valence-corrected chi connectivity index (χ3v) is 5.36. The van der Waals surface area contributed by atoms with Gasteiger partial charge in [-0.3, -0.25) is 0 Å². The molecule has 1 unspecified atom stereocenters. The number of hydrogen-bond acceptors (Lipinski definition) is 1. The van der Waals surface area contributed by atoms with Gasteiger partial charge in [-0.15, -0.1) is 0 Å². The van der Waals surface area contributed by atoms with Gasteiger partial charge in [0.2, 0.25) is 0 Å². The molecule has 1 aliphatic heterocycles. The third-order valence-electron chi connectivity index (χ3n) is 4.79. The Morgan fingerprint density at radius 1 is 0.846 bits per heavy atom. The Morgan fingerprint density at radius 2 is 1.69 bits per heavy atom. The molecule has 0 bridgehead atoms. The molecule has 0 aliphatic carbocycles. The van der Waals surface area contributed by atoms with Crippen LogP contribution in [0.5, 0.6) is 0 Å². The van der Waals surface area contributed by atoms with Gasteiger partial charge in [-0.1, -0.05) is 29.3 Å². The lowest BCUT2D eigenvalue weighted by atomic mass is 10.0. The van der Waals surface area contributed by atoms with Crippen LogP contribution >= 0.6 is 23.2 Å². The smallest absolute Gasteiger partial charge is 0.0938 e. The van der Waals surface area contributed by atoms with Crippen molar-refractivity contribution in [2.75, 3.05) is 5.32 Å². The maximum absolute atomic E-state index is 6.48. The first kappa shape index (κ1) is 15.6. The minimum absolute atomic E-state index is 0.0281. The van der Waals surface area contributed by atoms with E-state index in [1.165, 1.54) is 0 Å². The minimum atomic E-state index is -0.0281. The fourth-order valence-electron chi connectivity index (χ4n) is 3.56. The number of halogens is 2. The van der Waals surface area contributed by atoms with E-state index in [9.17, 15) is 0 Å². The Morgan fingerprint density at radius 3 is 2.50 bits per heavy atom. The zero-order valence-corrected chi connectivity index (χ0v) is 15.2. The maximum Gasteiger partial charge on any atom is 0.0938 e. The van der Waals surface area contributed by atoms with Gasteiger partial charge in [0.1, 0.15) is 0 Å². The topological polar surface area (TPSA) is 21.9 Å². The molecule has 128 valence electrons. The molecule has 2 aromatic carbocycles. The van der Waals surface area contributed by atoms with Crippen LogP contribution in [-0.2, 0) is 0 Å². The number of fused-ring (bicyclic) bond motifs is 3. The van der Waals surface area contributed by atoms with Crippen molar-refractivity contribution in [3.05, 3.63) is 101 Å². The predicted octanol–water partition coefficient (Wildman–Crippen LogP) is 6.09. The fourth-order valence-corrected chi connectivity index (χ4v) is 4.08. The molecule has 0 saturated heterocycles. The molecule has 1 N–H and O–H groups in total. The van der Waals surface area contributed by atoms with Crippen LogP contribution in [0.2, 0.25) is 10.0 Å². The summed E-state index contributed by atoms with van der Waals surface area (Å²) in [4.78, 5) is 0. The van der Waals surface area contributed by atoms with Crippen LogP contribution in [0, 0.1) is 0 Å². The van der Waals surface area contributed by atoms with Gasteiger partial charge < -0.3 is 14.5 Å². The number of anilines is 1. The van der Waals surface area contributed by atoms with E-state index in [0.29, 0.717) is 10.0 Å². The Balaban J connectivity index is 1.64. The zero-order chi connectivity index (χ0) is 17.7. The molecule has 2 aromatic heterocycles. The van der Waals surface area contributed by atoms with Crippen LogP contribution in [0.25, 0.3) is 11.4 Å². The lowest BCUT2D eigenvalue weighted by Gasteiger charge is -2.30. The highest BCUT2D eigenvalue weighted by Gasteiger charge is 2.26. The van der Waals surface area contributed by atoms with Crippen LogP contribution in [0.1, 0.15) is 17.3 Å². The Kier molecular flexibility index (Phi) is 3.59. The highest BCUT2D eigenvalue weighted by Crippen LogP contribution is 2.40. The predicted molar refractivity (Wildman–Crippen MR) is 107 cm³/mol. The lowest BCUT2D eigenvalue weighted by Crippen LogP contribution is -2.22. The van der Waals surface area contributed by atoms with Crippen molar-refractivity contribution < 1.29 is 0 Å². The summed E-state index contributed by atoms with van der Waals surface area (Å²) in [6.45, 7) is 0. The summed E-state index contributed by atoms with van der Waals surface area (Å²) in [5, 5.41) is 4.93. The molecule has 5 rings (SSSR count). The lowest BCUT2D eigenvalue weighted by molar-refractivity contribution is 0.808. The van der Waals surface area contributed by atoms with Crippen LogP contribution in [0.3, 0.4) is 0 Å². The monoisotopic (exact) mass is 379 g/mol. The largest absolute Gasteiger partial charge is 0.371 e. The summed E-state index contributed by atoms with van der Waals surface area (Å²) >= 11 is 12.5. The Labute approximate surface area is 161 Å². The van der Waals surface area contributed by atoms with Crippen molar-refractivity contribution in [2.24, 2.45) is 0 Å². The van der Waals surface area contributed by atoms with E-state index in [4.69, 9.17) is 23.2 Å². The molecule has 0 saturated carbocycles. The average Bonchev–Trinajstić information content (AvgIpc) is 3.33. The molecule has 0 fully saturated rings. The van der Waals surface area contributed by atoms with E-state index in [1.54, 1.807) is 6.07 Å². The molecule has 0 radical (unpaired) electrons. The minimum Gasteiger partial charge on any atom is -0.371 e. The first-order chi connectivity index (χ1) is 12.7. The summed E-state index contributed by atoms with van der Waals surface area (Å²) in [5.74, 6) is 0. The Bertz CT molecular complexity index is 1100. The first-order valence-corrected chi connectivity index (χ1v) is 9.13. The van der Waals surface area contributed by atoms with E-state index < -0.39 is 0 Å². The van der Waals surface area contributed by atoms with Gasteiger partial charge in [0.25, 0.3) is 0 Å². The molecule has 3 nitrogen and oxygen atoms in total. The van der Waals surface area contributed by atoms with Crippen molar-refractivity contribution in [1.82, 2.24) is 9.13 Å². The normalized spacial score (nSPS) is 15.2. The molecular formula is C21H15Cl2N3. The highest BCUT2D eigenvalue weighted by atomic mass is 35.5. The van der Waals surface area contributed by atoms with E-state index in [1.807, 2.05) is 36.7 Å². The molecule has 1 atom stereocenters. The van der Waals surface area contributed by atoms with E-state index in [2.05, 4.69) is 51.0 Å². The number of aromatic nitrogens is 2. The molecule has 0 amide bonds. The van der Waals surface area contributed by atoms with Gasteiger partial charge in [0, 0.05) is 40.0 Å². The molecule has 4 aromatic rings. The van der Waals surface area contributed by atoms with Crippen LogP contribution in [-0.4, -0.2) is 9.13 Å². The number of benzene rings is 2. The number of nitrogens with zero attached hydrogens (tertiary/aromatic N) is 2. The molecular weight excluding hydrogens is 365 g/mol. The second-order valence-electron chi connectivity index (χ2n) is 6.34. The van der Waals surface area contributed by atoms with Gasteiger partial charge in [-0.05, 0) is 60.2 Å². The van der Waals surface area contributed by atoms with Crippen molar-refractivity contribution in [1.29, 1.82) is 0 Å². The molecule has 3 heterocycles. The zero-order valence-electron chi connectivity index (χ0n) is 13.7.